The molecule has 0 aliphatic heterocycles. The molecule has 5 aliphatic rings. The first kappa shape index (κ1) is 26.9. The molecule has 208 valence electrons. The first-order valence-electron chi connectivity index (χ1n) is 14.7. The van der Waals surface area contributed by atoms with Gasteiger partial charge in [0.15, 0.2) is 0 Å². The lowest BCUT2D eigenvalue weighted by atomic mass is 9.47. The van der Waals surface area contributed by atoms with Crippen LogP contribution in [0.25, 0.3) is 0 Å². The smallest absolute Gasteiger partial charge is 0.224 e. The van der Waals surface area contributed by atoms with E-state index in [9.17, 15) is 10.4 Å². The van der Waals surface area contributed by atoms with Crippen LogP contribution < -0.4 is 10.6 Å². The highest BCUT2D eigenvalue weighted by Gasteiger charge is 2.56. The zero-order valence-electron chi connectivity index (χ0n) is 23.3. The number of aliphatic hydroxyl groups is 1. The van der Waals surface area contributed by atoms with E-state index in [1.54, 1.807) is 18.0 Å². The number of thioether (sulfide) groups is 1. The zero-order chi connectivity index (χ0) is 27.0. The van der Waals surface area contributed by atoms with Gasteiger partial charge in [-0.25, -0.2) is 4.98 Å². The van der Waals surface area contributed by atoms with Crippen molar-refractivity contribution in [2.24, 2.45) is 23.2 Å². The summed E-state index contributed by atoms with van der Waals surface area (Å²) in [6.45, 7) is 1.52. The van der Waals surface area contributed by atoms with E-state index in [1.165, 1.54) is 42.6 Å². The van der Waals surface area contributed by atoms with Crippen LogP contribution in [-0.4, -0.2) is 58.0 Å². The van der Waals surface area contributed by atoms with Crippen LogP contribution in [-0.2, 0) is 6.54 Å². The van der Waals surface area contributed by atoms with Gasteiger partial charge in [0.25, 0.3) is 0 Å². The summed E-state index contributed by atoms with van der Waals surface area (Å²) in [6, 6.07) is 12.0. The predicted octanol–water partition coefficient (Wildman–Crippen LogP) is 5.52. The van der Waals surface area contributed by atoms with Crippen LogP contribution in [0.3, 0.4) is 0 Å². The molecule has 5 atom stereocenters. The van der Waals surface area contributed by atoms with Crippen LogP contribution >= 0.6 is 11.8 Å². The number of hydrogen-bond donors (Lipinski definition) is 3. The maximum absolute atomic E-state index is 10.0. The lowest BCUT2D eigenvalue weighted by molar-refractivity contribution is -0.114. The van der Waals surface area contributed by atoms with Crippen LogP contribution in [0.15, 0.2) is 35.4 Å². The van der Waals surface area contributed by atoms with Gasteiger partial charge in [-0.2, -0.15) is 10.2 Å². The zero-order valence-corrected chi connectivity index (χ0v) is 24.1. The van der Waals surface area contributed by atoms with Gasteiger partial charge in [0, 0.05) is 30.1 Å². The topological polar surface area (TPSA) is 97.1 Å². The molecule has 8 heteroatoms. The number of aromatic nitrogens is 2. The Morgan fingerprint density at radius 2 is 1.85 bits per heavy atom. The van der Waals surface area contributed by atoms with Crippen molar-refractivity contribution in [1.82, 2.24) is 14.9 Å². The molecule has 5 fully saturated rings. The lowest BCUT2D eigenvalue weighted by Gasteiger charge is -2.62. The molecule has 0 spiro atoms. The quantitative estimate of drug-likeness (QED) is 0.354. The van der Waals surface area contributed by atoms with Crippen molar-refractivity contribution in [3.05, 3.63) is 41.6 Å². The van der Waals surface area contributed by atoms with Crippen molar-refractivity contribution in [3.8, 4) is 6.07 Å². The minimum absolute atomic E-state index is 0.0931. The largest absolute Gasteiger partial charge is 0.393 e. The summed E-state index contributed by atoms with van der Waals surface area (Å²) >= 11 is 1.74. The highest BCUT2D eigenvalue weighted by atomic mass is 32.2. The maximum atomic E-state index is 10.0. The van der Waals surface area contributed by atoms with E-state index in [1.807, 2.05) is 0 Å². The molecule has 3 N–H and O–H groups in total. The molecule has 4 bridgehead atoms. The molecule has 1 heterocycles. The van der Waals surface area contributed by atoms with Gasteiger partial charge in [0.05, 0.1) is 12.3 Å². The molecule has 7 nitrogen and oxygen atoms in total. The average molecular weight is 547 g/mol. The number of hydrogen-bond acceptors (Lipinski definition) is 8. The highest BCUT2D eigenvalue weighted by Crippen LogP contribution is 2.61. The molecule has 0 radical (unpaired) electrons. The summed E-state index contributed by atoms with van der Waals surface area (Å²) in [5.41, 5.74) is 2.01. The van der Waals surface area contributed by atoms with Gasteiger partial charge < -0.3 is 15.7 Å². The van der Waals surface area contributed by atoms with Gasteiger partial charge in [-0.15, -0.1) is 11.8 Å². The maximum Gasteiger partial charge on any atom is 0.224 e. The van der Waals surface area contributed by atoms with Crippen molar-refractivity contribution >= 4 is 23.5 Å². The number of rotatable bonds is 9. The van der Waals surface area contributed by atoms with E-state index in [0.29, 0.717) is 41.4 Å². The Bertz CT molecular complexity index is 1190. The summed E-state index contributed by atoms with van der Waals surface area (Å²) in [7, 11) is 2.37. The van der Waals surface area contributed by atoms with Gasteiger partial charge in [0.1, 0.15) is 17.5 Å². The van der Waals surface area contributed by atoms with E-state index >= 15 is 0 Å². The molecule has 0 amide bonds. The first-order valence-corrected chi connectivity index (χ1v) is 16.0. The number of aliphatic hydroxyl groups excluding tert-OH is 1. The summed E-state index contributed by atoms with van der Waals surface area (Å²) in [5.74, 6) is 3.54. The molecule has 3 unspecified atom stereocenters. The minimum atomic E-state index is -0.0931. The second-order valence-corrected chi connectivity index (χ2v) is 13.5. The summed E-state index contributed by atoms with van der Waals surface area (Å²) in [4.78, 5) is 13.1. The van der Waals surface area contributed by atoms with Crippen LogP contribution in [0.5, 0.6) is 0 Å². The molecule has 1 aromatic carbocycles. The van der Waals surface area contributed by atoms with E-state index in [-0.39, 0.29) is 6.10 Å². The van der Waals surface area contributed by atoms with Gasteiger partial charge in [-0.1, -0.05) is 18.2 Å². The van der Waals surface area contributed by atoms with Crippen molar-refractivity contribution in [3.63, 3.8) is 0 Å². The summed E-state index contributed by atoms with van der Waals surface area (Å²) in [5, 5.41) is 26.8. The van der Waals surface area contributed by atoms with Gasteiger partial charge in [0.2, 0.25) is 5.95 Å². The fraction of sp³-hybridized carbons (Fsp3) is 0.645. The van der Waals surface area contributed by atoms with E-state index in [2.05, 4.69) is 64.2 Å². The Morgan fingerprint density at radius 1 is 1.10 bits per heavy atom. The molecule has 1 aromatic heterocycles. The SMILES string of the molecule is CSc1ccccc1CNc1ncc(C#N)c(NCC23CC4C[C@H](C2)C(N(C)C2CCC(O)CC2)[C@@H](C4)C3)n1. The van der Waals surface area contributed by atoms with Crippen molar-refractivity contribution < 1.29 is 5.11 Å². The van der Waals surface area contributed by atoms with Crippen LogP contribution in [0.4, 0.5) is 11.8 Å². The second-order valence-electron chi connectivity index (χ2n) is 12.7. The average Bonchev–Trinajstić information content (AvgIpc) is 2.95. The number of anilines is 2. The molecule has 0 saturated heterocycles. The molecule has 5 saturated carbocycles. The predicted molar refractivity (Wildman–Crippen MR) is 157 cm³/mol. The highest BCUT2D eigenvalue weighted by molar-refractivity contribution is 7.98. The molecule has 7 rings (SSSR count). The number of nitriles is 1. The third-order valence-corrected chi connectivity index (χ3v) is 11.1. The van der Waals surface area contributed by atoms with E-state index in [4.69, 9.17) is 4.98 Å². The molecule has 5 aliphatic carbocycles. The Labute approximate surface area is 237 Å². The van der Waals surface area contributed by atoms with Crippen molar-refractivity contribution in [2.45, 2.75) is 87.4 Å². The van der Waals surface area contributed by atoms with Gasteiger partial charge in [-0.05, 0) is 106 Å². The monoisotopic (exact) mass is 546 g/mol. The fourth-order valence-electron chi connectivity index (χ4n) is 8.73. The fourth-order valence-corrected chi connectivity index (χ4v) is 9.35. The molecule has 39 heavy (non-hydrogen) atoms. The Kier molecular flexibility index (Phi) is 7.76. The van der Waals surface area contributed by atoms with Crippen molar-refractivity contribution in [1.29, 1.82) is 5.26 Å². The van der Waals surface area contributed by atoms with E-state index < -0.39 is 0 Å². The van der Waals surface area contributed by atoms with Crippen LogP contribution in [0.1, 0.15) is 68.9 Å². The third kappa shape index (κ3) is 5.51. The number of nitrogens with one attached hydrogen (secondary N) is 2. The Hall–Kier alpha value is -2.34. The standard InChI is InChI=1S/C31H42N6OS/c1-37(25-7-9-26(38)10-8-25)28-22-11-20-12-23(28)15-31(13-20,14-22)19-35-29-24(16-32)18-34-30(36-29)33-17-21-5-3-4-6-27(21)39-2/h3-6,18,20,22-23,25-26,28,38H,7-15,17,19H2,1-2H3,(H2,33,34,35,36)/t20?,22-,23+,25?,26?,28?,31?. The van der Waals surface area contributed by atoms with Crippen LogP contribution in [0.2, 0.25) is 0 Å². The lowest BCUT2D eigenvalue weighted by Crippen LogP contribution is -2.61. The summed E-state index contributed by atoms with van der Waals surface area (Å²) < 4.78 is 0. The number of benzene rings is 1. The van der Waals surface area contributed by atoms with E-state index in [0.717, 1.165) is 50.0 Å². The molecular weight excluding hydrogens is 504 g/mol. The van der Waals surface area contributed by atoms with Gasteiger partial charge in [-0.3, -0.25) is 4.90 Å². The Balaban J connectivity index is 1.12. The number of nitrogens with zero attached hydrogens (tertiary/aromatic N) is 4. The Morgan fingerprint density at radius 3 is 2.56 bits per heavy atom. The third-order valence-electron chi connectivity index (χ3n) is 10.2. The van der Waals surface area contributed by atoms with Gasteiger partial charge >= 0.3 is 0 Å². The van der Waals surface area contributed by atoms with Crippen LogP contribution in [0, 0.1) is 34.5 Å². The second kappa shape index (κ2) is 11.3. The first-order chi connectivity index (χ1) is 19.0. The summed E-state index contributed by atoms with van der Waals surface area (Å²) in [6.07, 6.45) is 14.4. The molecular formula is C31H42N6OS. The van der Waals surface area contributed by atoms with Crippen molar-refractivity contribution in [2.75, 3.05) is 30.5 Å². The normalized spacial score (nSPS) is 33.2. The molecule has 2 aromatic rings. The minimum Gasteiger partial charge on any atom is -0.393 e.